The first-order chi connectivity index (χ1) is 11.1. The number of aryl methyl sites for hydroxylation is 1. The van der Waals surface area contributed by atoms with Gasteiger partial charge in [0.1, 0.15) is 0 Å². The van der Waals surface area contributed by atoms with Gasteiger partial charge in [0.2, 0.25) is 5.91 Å². The van der Waals surface area contributed by atoms with Gasteiger partial charge in [-0.1, -0.05) is 26.0 Å². The first kappa shape index (κ1) is 17.5. The normalized spacial score (nSPS) is 16.3. The fraction of sp³-hybridized carbons (Fsp3) is 0.556. The van der Waals surface area contributed by atoms with Gasteiger partial charge in [-0.05, 0) is 31.2 Å². The molecule has 1 aliphatic heterocycles. The molecule has 1 atom stereocenters. The van der Waals surface area contributed by atoms with Gasteiger partial charge in [-0.15, -0.1) is 0 Å². The second-order valence-corrected chi connectivity index (χ2v) is 6.13. The van der Waals surface area contributed by atoms with Crippen LogP contribution in [0.2, 0.25) is 0 Å². The van der Waals surface area contributed by atoms with Crippen molar-refractivity contribution in [3.63, 3.8) is 0 Å². The molecule has 0 saturated carbocycles. The van der Waals surface area contributed by atoms with E-state index in [1.165, 1.54) is 5.56 Å². The Morgan fingerprint density at radius 2 is 1.65 bits per heavy atom. The summed E-state index contributed by atoms with van der Waals surface area (Å²) >= 11 is 0. The Hall–Kier alpha value is -1.88. The first-order valence-corrected chi connectivity index (χ1v) is 8.38. The molecule has 1 aromatic rings. The molecule has 0 bridgehead atoms. The van der Waals surface area contributed by atoms with Crippen LogP contribution in [0.3, 0.4) is 0 Å². The molecule has 0 spiro atoms. The highest BCUT2D eigenvalue weighted by atomic mass is 16.2. The van der Waals surface area contributed by atoms with Gasteiger partial charge < -0.3 is 15.1 Å². The molecule has 1 aromatic carbocycles. The molecule has 0 aliphatic carbocycles. The molecule has 5 nitrogen and oxygen atoms in total. The molecule has 1 fully saturated rings. The van der Waals surface area contributed by atoms with Crippen LogP contribution >= 0.6 is 0 Å². The van der Waals surface area contributed by atoms with Crippen LogP contribution in [0.25, 0.3) is 0 Å². The predicted octanol–water partition coefficient (Wildman–Crippen LogP) is 1.39. The molecule has 1 saturated heterocycles. The summed E-state index contributed by atoms with van der Waals surface area (Å²) in [6.07, 6.45) is 0.972. The predicted molar refractivity (Wildman–Crippen MR) is 91.4 cm³/mol. The summed E-state index contributed by atoms with van der Waals surface area (Å²) in [5.74, 6) is 0.200. The molecular formula is C18H27N3O2. The van der Waals surface area contributed by atoms with Crippen LogP contribution in [0.15, 0.2) is 24.3 Å². The lowest BCUT2D eigenvalue weighted by atomic mass is 10.1. The lowest BCUT2D eigenvalue weighted by molar-refractivity contribution is -0.136. The van der Waals surface area contributed by atoms with Gasteiger partial charge in [-0.25, -0.2) is 0 Å². The fourth-order valence-corrected chi connectivity index (χ4v) is 2.90. The van der Waals surface area contributed by atoms with Crippen molar-refractivity contribution in [3.05, 3.63) is 35.4 Å². The van der Waals surface area contributed by atoms with Crippen LogP contribution in [-0.4, -0.2) is 61.4 Å². The Morgan fingerprint density at radius 1 is 1.09 bits per heavy atom. The molecular weight excluding hydrogens is 290 g/mol. The lowest BCUT2D eigenvalue weighted by Crippen LogP contribution is -2.52. The van der Waals surface area contributed by atoms with E-state index in [-0.39, 0.29) is 17.7 Å². The average Bonchev–Trinajstić information content (AvgIpc) is 2.61. The summed E-state index contributed by atoms with van der Waals surface area (Å²) in [5, 5.41) is 3.03. The van der Waals surface area contributed by atoms with Gasteiger partial charge in [-0.2, -0.15) is 0 Å². The van der Waals surface area contributed by atoms with E-state index < -0.39 is 0 Å². The maximum atomic E-state index is 12.5. The van der Waals surface area contributed by atoms with Crippen molar-refractivity contribution >= 4 is 11.8 Å². The monoisotopic (exact) mass is 317 g/mol. The summed E-state index contributed by atoms with van der Waals surface area (Å²) < 4.78 is 0. The molecule has 5 heteroatoms. The number of carbonyl (C=O) groups excluding carboxylic acids is 2. The van der Waals surface area contributed by atoms with E-state index in [9.17, 15) is 9.59 Å². The quantitative estimate of drug-likeness (QED) is 0.893. The number of carbonyl (C=O) groups is 2. The van der Waals surface area contributed by atoms with Crippen molar-refractivity contribution in [2.45, 2.75) is 20.3 Å². The highest BCUT2D eigenvalue weighted by Crippen LogP contribution is 2.12. The van der Waals surface area contributed by atoms with Gasteiger partial charge in [0.15, 0.2) is 0 Å². The summed E-state index contributed by atoms with van der Waals surface area (Å²) in [5.41, 5.74) is 1.96. The Bertz CT molecular complexity index is 534. The Kier molecular flexibility index (Phi) is 6.16. The Balaban J connectivity index is 1.90. The highest BCUT2D eigenvalue weighted by molar-refractivity contribution is 5.94. The van der Waals surface area contributed by atoms with E-state index >= 15 is 0 Å². The molecule has 2 rings (SSSR count). The zero-order valence-corrected chi connectivity index (χ0v) is 14.3. The molecule has 1 N–H and O–H groups in total. The van der Waals surface area contributed by atoms with Crippen LogP contribution in [0.1, 0.15) is 29.8 Å². The van der Waals surface area contributed by atoms with Crippen molar-refractivity contribution < 1.29 is 9.59 Å². The second-order valence-electron chi connectivity index (χ2n) is 6.13. The van der Waals surface area contributed by atoms with E-state index in [1.54, 1.807) is 0 Å². The van der Waals surface area contributed by atoms with Crippen molar-refractivity contribution in [2.24, 2.45) is 5.92 Å². The number of nitrogens with zero attached hydrogens (tertiary/aromatic N) is 2. The van der Waals surface area contributed by atoms with E-state index in [0.717, 1.165) is 12.0 Å². The highest BCUT2D eigenvalue weighted by Gasteiger charge is 2.26. The number of piperazine rings is 1. The number of amides is 2. The van der Waals surface area contributed by atoms with Crippen molar-refractivity contribution in [1.82, 2.24) is 15.1 Å². The van der Waals surface area contributed by atoms with Gasteiger partial charge in [0.25, 0.3) is 5.91 Å². The van der Waals surface area contributed by atoms with Crippen LogP contribution in [0.5, 0.6) is 0 Å². The summed E-state index contributed by atoms with van der Waals surface area (Å²) in [7, 11) is 1.85. The molecule has 0 radical (unpaired) electrons. The minimum Gasteiger partial charge on any atom is -0.339 e. The minimum atomic E-state index is -0.0242. The number of benzene rings is 1. The Labute approximate surface area is 138 Å². The van der Waals surface area contributed by atoms with Crippen molar-refractivity contribution in [1.29, 1.82) is 0 Å². The molecule has 0 aromatic heterocycles. The molecule has 1 unspecified atom stereocenters. The second kappa shape index (κ2) is 8.11. The maximum absolute atomic E-state index is 12.5. The third-order valence-electron chi connectivity index (χ3n) is 4.42. The largest absolute Gasteiger partial charge is 0.339 e. The van der Waals surface area contributed by atoms with E-state index in [1.807, 2.05) is 48.0 Å². The average molecular weight is 317 g/mol. The summed E-state index contributed by atoms with van der Waals surface area (Å²) in [4.78, 5) is 28.5. The van der Waals surface area contributed by atoms with Gasteiger partial charge in [0.05, 0.1) is 0 Å². The van der Waals surface area contributed by atoms with E-state index in [2.05, 4.69) is 12.2 Å². The smallest absolute Gasteiger partial charge is 0.253 e. The lowest BCUT2D eigenvalue weighted by Gasteiger charge is -2.36. The van der Waals surface area contributed by atoms with Crippen molar-refractivity contribution in [2.75, 3.05) is 39.8 Å². The van der Waals surface area contributed by atoms with Crippen molar-refractivity contribution in [3.8, 4) is 0 Å². The molecule has 1 aliphatic rings. The third kappa shape index (κ3) is 4.32. The Morgan fingerprint density at radius 3 is 2.17 bits per heavy atom. The minimum absolute atomic E-state index is 0.0242. The fourth-order valence-electron chi connectivity index (χ4n) is 2.90. The van der Waals surface area contributed by atoms with Crippen LogP contribution in [0, 0.1) is 5.92 Å². The maximum Gasteiger partial charge on any atom is 0.253 e. The third-order valence-corrected chi connectivity index (χ3v) is 4.42. The van der Waals surface area contributed by atoms with Crippen LogP contribution in [0.4, 0.5) is 0 Å². The zero-order valence-electron chi connectivity index (χ0n) is 14.3. The topological polar surface area (TPSA) is 52.7 Å². The number of rotatable bonds is 5. The van der Waals surface area contributed by atoms with Crippen LogP contribution < -0.4 is 5.32 Å². The molecule has 126 valence electrons. The molecule has 1 heterocycles. The first-order valence-electron chi connectivity index (χ1n) is 8.38. The number of hydrogen-bond donors (Lipinski definition) is 1. The van der Waals surface area contributed by atoms with E-state index in [0.29, 0.717) is 32.7 Å². The van der Waals surface area contributed by atoms with Gasteiger partial charge >= 0.3 is 0 Å². The SMILES string of the molecule is CCc1ccc(C(=O)N2CCN(C(=O)C(C)CNC)CC2)cc1. The summed E-state index contributed by atoms with van der Waals surface area (Å²) in [6.45, 7) is 7.16. The molecule has 2 amide bonds. The summed E-state index contributed by atoms with van der Waals surface area (Å²) in [6, 6.07) is 7.81. The number of nitrogens with one attached hydrogen (secondary N) is 1. The molecule has 23 heavy (non-hydrogen) atoms. The number of hydrogen-bond acceptors (Lipinski definition) is 3. The van der Waals surface area contributed by atoms with Crippen LogP contribution in [-0.2, 0) is 11.2 Å². The van der Waals surface area contributed by atoms with Gasteiger partial charge in [-0.3, -0.25) is 9.59 Å². The van der Waals surface area contributed by atoms with E-state index in [4.69, 9.17) is 0 Å². The van der Waals surface area contributed by atoms with Gasteiger partial charge in [0, 0.05) is 44.2 Å². The zero-order chi connectivity index (χ0) is 16.8. The standard InChI is InChI=1S/C18H27N3O2/c1-4-15-5-7-16(8-6-15)18(23)21-11-9-20(10-12-21)17(22)14(2)13-19-3/h5-8,14,19H,4,9-13H2,1-3H3.